The molecular formula is C31H34F2N4O3. The number of aliphatic imine (C=N–C) groups is 1. The molecule has 1 atom stereocenters. The number of hydrogen-bond acceptors (Lipinski definition) is 6. The Morgan fingerprint density at radius 1 is 1.10 bits per heavy atom. The third-order valence-electron chi connectivity index (χ3n) is 6.64. The van der Waals surface area contributed by atoms with Gasteiger partial charge in [-0.05, 0) is 62.9 Å². The molecule has 4 rings (SSSR count). The van der Waals surface area contributed by atoms with Crippen LogP contribution in [-0.4, -0.2) is 45.8 Å². The average molecular weight is 549 g/mol. The summed E-state index contributed by atoms with van der Waals surface area (Å²) in [4.78, 5) is 24.6. The molecule has 2 aromatic carbocycles. The van der Waals surface area contributed by atoms with Crippen LogP contribution in [0.3, 0.4) is 0 Å². The van der Waals surface area contributed by atoms with Crippen LogP contribution >= 0.6 is 0 Å². The summed E-state index contributed by atoms with van der Waals surface area (Å²) < 4.78 is 39.6. The second kappa shape index (κ2) is 12.4. The molecular weight excluding hydrogens is 514 g/mol. The number of hydrogen-bond donors (Lipinski definition) is 0. The van der Waals surface area contributed by atoms with Gasteiger partial charge in [0.25, 0.3) is 5.92 Å². The van der Waals surface area contributed by atoms with Crippen LogP contribution in [0.25, 0.3) is 22.2 Å². The van der Waals surface area contributed by atoms with Crippen molar-refractivity contribution in [3.05, 3.63) is 72.1 Å². The molecule has 4 aromatic rings. The first-order valence-electron chi connectivity index (χ1n) is 13.3. The van der Waals surface area contributed by atoms with Crippen molar-refractivity contribution in [3.8, 4) is 23.0 Å². The van der Waals surface area contributed by atoms with Crippen molar-refractivity contribution in [1.29, 1.82) is 0 Å². The second-order valence-electron chi connectivity index (χ2n) is 10.1. The number of fused-ring (bicyclic) bond motifs is 1. The number of benzene rings is 2. The summed E-state index contributed by atoms with van der Waals surface area (Å²) in [6.45, 7) is 6.21. The Kier molecular flexibility index (Phi) is 8.92. The van der Waals surface area contributed by atoms with Gasteiger partial charge in [-0.1, -0.05) is 24.3 Å². The molecule has 210 valence electrons. The lowest BCUT2D eigenvalue weighted by molar-refractivity contribution is -0.167. The predicted molar refractivity (Wildman–Crippen MR) is 152 cm³/mol. The highest BCUT2D eigenvalue weighted by Gasteiger charge is 2.33. The van der Waals surface area contributed by atoms with Crippen LogP contribution < -0.4 is 4.74 Å². The lowest BCUT2D eigenvalue weighted by Gasteiger charge is -2.19. The van der Waals surface area contributed by atoms with Crippen LogP contribution in [0.15, 0.2) is 65.9 Å². The van der Waals surface area contributed by atoms with E-state index in [0.717, 1.165) is 40.2 Å². The molecule has 2 aromatic heterocycles. The summed E-state index contributed by atoms with van der Waals surface area (Å²) in [6, 6.07) is 16.2. The number of ether oxygens (including phenoxy) is 2. The molecule has 2 heterocycles. The van der Waals surface area contributed by atoms with Gasteiger partial charge >= 0.3 is 12.0 Å². The zero-order valence-electron chi connectivity index (χ0n) is 23.4. The lowest BCUT2D eigenvalue weighted by atomic mass is 10.0. The van der Waals surface area contributed by atoms with Crippen molar-refractivity contribution in [3.63, 3.8) is 0 Å². The maximum atomic E-state index is 13.3. The number of carbonyl (C=O) groups is 1. The summed E-state index contributed by atoms with van der Waals surface area (Å²) in [6.07, 6.45) is 4.92. The highest BCUT2D eigenvalue weighted by molar-refractivity contribution is 6.07. The monoisotopic (exact) mass is 548 g/mol. The molecule has 0 saturated carbocycles. The molecule has 7 nitrogen and oxygen atoms in total. The number of nitrogens with zero attached hydrogens (tertiary/aromatic N) is 4. The van der Waals surface area contributed by atoms with E-state index in [4.69, 9.17) is 9.47 Å². The zero-order valence-corrected chi connectivity index (χ0v) is 23.4. The van der Waals surface area contributed by atoms with Gasteiger partial charge in [0.2, 0.25) is 0 Å². The quantitative estimate of drug-likeness (QED) is 0.144. The lowest BCUT2D eigenvalue weighted by Crippen LogP contribution is -2.32. The van der Waals surface area contributed by atoms with Gasteiger partial charge in [-0.15, -0.1) is 0 Å². The summed E-state index contributed by atoms with van der Waals surface area (Å²) in [5.41, 5.74) is 5.11. The molecule has 0 N–H and O–H groups in total. The highest BCUT2D eigenvalue weighted by atomic mass is 19.3. The number of rotatable bonds is 11. The number of carbonyl (C=O) groups excluding carboxylic acids is 1. The molecule has 0 amide bonds. The van der Waals surface area contributed by atoms with Gasteiger partial charge in [0.15, 0.2) is 6.10 Å². The van der Waals surface area contributed by atoms with E-state index in [9.17, 15) is 13.6 Å². The summed E-state index contributed by atoms with van der Waals surface area (Å²) in [5.74, 6) is -3.04. The maximum Gasteiger partial charge on any atom is 0.321 e. The predicted octanol–water partition coefficient (Wildman–Crippen LogP) is 7.43. The molecule has 0 spiro atoms. The van der Waals surface area contributed by atoms with Gasteiger partial charge in [0.05, 0.1) is 11.2 Å². The van der Waals surface area contributed by atoms with E-state index < -0.39 is 18.0 Å². The largest absolute Gasteiger partial charge is 0.456 e. The van der Waals surface area contributed by atoms with Crippen LogP contribution in [0.1, 0.15) is 57.7 Å². The standard InChI is InChI=1S/C31H34F2N4O3/c1-20(2)37-27-18-24(40-30-35-16-7-17-36-30)14-15-25(27)26(19-34-5)29(37)23-12-10-22(11-13-23)8-6-9-28(38)39-21(3)31(4,32)33/h7,10-21H,6,8-9H2,1-5H3/t21-/m1/s1. The number of halogens is 2. The summed E-state index contributed by atoms with van der Waals surface area (Å²) in [7, 11) is 1.75. The van der Waals surface area contributed by atoms with Gasteiger partial charge in [0, 0.05) is 62.1 Å². The van der Waals surface area contributed by atoms with E-state index in [1.165, 1.54) is 6.92 Å². The normalized spacial score (nSPS) is 12.8. The average Bonchev–Trinajstić information content (AvgIpc) is 3.23. The van der Waals surface area contributed by atoms with Crippen molar-refractivity contribution in [1.82, 2.24) is 14.5 Å². The van der Waals surface area contributed by atoms with E-state index >= 15 is 0 Å². The third-order valence-corrected chi connectivity index (χ3v) is 6.64. The van der Waals surface area contributed by atoms with Crippen LogP contribution in [0.2, 0.25) is 0 Å². The molecule has 0 fully saturated rings. The van der Waals surface area contributed by atoms with E-state index in [0.29, 0.717) is 18.6 Å². The Morgan fingerprint density at radius 2 is 1.80 bits per heavy atom. The second-order valence-corrected chi connectivity index (χ2v) is 10.1. The first-order valence-corrected chi connectivity index (χ1v) is 13.3. The molecule has 0 aliphatic carbocycles. The van der Waals surface area contributed by atoms with Crippen LogP contribution in [0.5, 0.6) is 11.8 Å². The molecule has 0 aliphatic rings. The number of aromatic nitrogens is 3. The van der Waals surface area contributed by atoms with Gasteiger partial charge in [-0.25, -0.2) is 18.7 Å². The molecule has 0 unspecified atom stereocenters. The molecule has 0 aliphatic heterocycles. The Hall–Kier alpha value is -4.14. The third kappa shape index (κ3) is 6.70. The fraction of sp³-hybridized carbons (Fsp3) is 0.355. The first kappa shape index (κ1) is 28.9. The number of aryl methyl sites for hydroxylation is 1. The van der Waals surface area contributed by atoms with Crippen molar-refractivity contribution in [2.45, 2.75) is 65.0 Å². The van der Waals surface area contributed by atoms with Gasteiger partial charge in [-0.2, -0.15) is 0 Å². The van der Waals surface area contributed by atoms with Crippen molar-refractivity contribution < 1.29 is 23.0 Å². The van der Waals surface area contributed by atoms with E-state index in [1.54, 1.807) is 25.5 Å². The number of esters is 1. The van der Waals surface area contributed by atoms with Crippen LogP contribution in [0, 0.1) is 0 Å². The van der Waals surface area contributed by atoms with Gasteiger partial charge < -0.3 is 14.0 Å². The van der Waals surface area contributed by atoms with Gasteiger partial charge in [-0.3, -0.25) is 9.79 Å². The molecule has 40 heavy (non-hydrogen) atoms. The minimum atomic E-state index is -3.06. The van der Waals surface area contributed by atoms with E-state index in [2.05, 4.69) is 45.5 Å². The Bertz CT molecular complexity index is 1480. The molecule has 0 radical (unpaired) electrons. The fourth-order valence-corrected chi connectivity index (χ4v) is 4.54. The molecule has 0 saturated heterocycles. The van der Waals surface area contributed by atoms with Crippen molar-refractivity contribution >= 4 is 23.1 Å². The first-order chi connectivity index (χ1) is 19.1. The minimum Gasteiger partial charge on any atom is -0.456 e. The topological polar surface area (TPSA) is 78.6 Å². The van der Waals surface area contributed by atoms with E-state index in [1.807, 2.05) is 36.5 Å². The van der Waals surface area contributed by atoms with Crippen LogP contribution in [0.4, 0.5) is 8.78 Å². The summed E-state index contributed by atoms with van der Waals surface area (Å²) in [5, 5.41) is 1.05. The summed E-state index contributed by atoms with van der Waals surface area (Å²) >= 11 is 0. The Labute approximate surface area is 232 Å². The molecule has 0 bridgehead atoms. The van der Waals surface area contributed by atoms with Gasteiger partial charge in [0.1, 0.15) is 5.75 Å². The highest BCUT2D eigenvalue weighted by Crippen LogP contribution is 2.38. The fourth-order valence-electron chi connectivity index (χ4n) is 4.54. The van der Waals surface area contributed by atoms with E-state index in [-0.39, 0.29) is 18.5 Å². The zero-order chi connectivity index (χ0) is 28.9. The smallest absolute Gasteiger partial charge is 0.321 e. The van der Waals surface area contributed by atoms with Crippen LogP contribution in [-0.2, 0) is 16.0 Å². The minimum absolute atomic E-state index is 0.0826. The maximum absolute atomic E-state index is 13.3. The SMILES string of the molecule is CN=Cc1c(-c2ccc(CCCC(=O)O[C@H](C)C(C)(F)F)cc2)n(C(C)C)c2cc(Oc3ncccn3)ccc12. The Morgan fingerprint density at radius 3 is 2.42 bits per heavy atom. The van der Waals surface area contributed by atoms with Crippen molar-refractivity contribution in [2.75, 3.05) is 7.05 Å². The number of alkyl halides is 2. The van der Waals surface area contributed by atoms with Crippen molar-refractivity contribution in [2.24, 2.45) is 4.99 Å². The Balaban J connectivity index is 1.58. The molecule has 9 heteroatoms.